The Labute approximate surface area is 105 Å². The lowest BCUT2D eigenvalue weighted by Gasteiger charge is -1.98. The number of nitriles is 1. The predicted molar refractivity (Wildman–Crippen MR) is 70.7 cm³/mol. The first-order chi connectivity index (χ1) is 8.24. The van der Waals surface area contributed by atoms with Crippen molar-refractivity contribution in [2.24, 2.45) is 0 Å². The van der Waals surface area contributed by atoms with Crippen molar-refractivity contribution < 1.29 is 0 Å². The van der Waals surface area contributed by atoms with E-state index in [0.29, 0.717) is 5.56 Å². The molecule has 0 aliphatic rings. The molecular weight excluding hydrogens is 230 g/mol. The minimum absolute atomic E-state index is 0.649. The Hall–Kier alpha value is -1.86. The highest BCUT2D eigenvalue weighted by atomic mass is 32.1. The number of thiazole rings is 1. The summed E-state index contributed by atoms with van der Waals surface area (Å²) in [7, 11) is 0. The molecule has 0 fully saturated rings. The van der Waals surface area contributed by atoms with Crippen LogP contribution >= 0.6 is 11.3 Å². The fourth-order valence-electron chi connectivity index (χ4n) is 1.61. The molecule has 2 N–H and O–H groups in total. The molecule has 0 bridgehead atoms. The summed E-state index contributed by atoms with van der Waals surface area (Å²) in [4.78, 5) is 4.54. The van der Waals surface area contributed by atoms with Crippen molar-refractivity contribution in [2.45, 2.75) is 19.8 Å². The van der Waals surface area contributed by atoms with Crippen LogP contribution in [-0.2, 0) is 6.42 Å². The molecule has 1 heterocycles. The normalized spacial score (nSPS) is 10.1. The van der Waals surface area contributed by atoms with Gasteiger partial charge >= 0.3 is 0 Å². The van der Waals surface area contributed by atoms with Crippen molar-refractivity contribution >= 4 is 16.3 Å². The van der Waals surface area contributed by atoms with Gasteiger partial charge in [0.05, 0.1) is 16.6 Å². The van der Waals surface area contributed by atoms with Crippen molar-refractivity contribution in [3.05, 3.63) is 34.8 Å². The summed E-state index contributed by atoms with van der Waals surface area (Å²) in [5, 5.41) is 10.6. The number of anilines is 1. The van der Waals surface area contributed by atoms with Crippen LogP contribution in [0.4, 0.5) is 5.00 Å². The zero-order valence-corrected chi connectivity index (χ0v) is 10.4. The lowest BCUT2D eigenvalue weighted by atomic mass is 10.1. The quantitative estimate of drug-likeness (QED) is 0.900. The maximum atomic E-state index is 8.74. The maximum absolute atomic E-state index is 8.74. The largest absolute Gasteiger partial charge is 0.389 e. The van der Waals surface area contributed by atoms with E-state index in [0.717, 1.165) is 34.1 Å². The van der Waals surface area contributed by atoms with Crippen LogP contribution in [0.1, 0.15) is 23.9 Å². The average molecular weight is 243 g/mol. The molecule has 0 aliphatic carbocycles. The third-order valence-corrected chi connectivity index (χ3v) is 3.39. The van der Waals surface area contributed by atoms with E-state index in [2.05, 4.69) is 18.0 Å². The second-order valence-corrected chi connectivity index (χ2v) is 4.87. The predicted octanol–water partition coefficient (Wildman–Crippen LogP) is 3.22. The third-order valence-electron chi connectivity index (χ3n) is 2.45. The summed E-state index contributed by atoms with van der Waals surface area (Å²) >= 11 is 1.55. The minimum Gasteiger partial charge on any atom is -0.389 e. The van der Waals surface area contributed by atoms with Crippen LogP contribution in [0.2, 0.25) is 0 Å². The van der Waals surface area contributed by atoms with Gasteiger partial charge in [-0.1, -0.05) is 19.1 Å². The lowest BCUT2D eigenvalue weighted by Crippen LogP contribution is -1.86. The highest BCUT2D eigenvalue weighted by Gasteiger charge is 2.09. The van der Waals surface area contributed by atoms with Crippen LogP contribution in [0, 0.1) is 11.3 Å². The van der Waals surface area contributed by atoms with E-state index in [4.69, 9.17) is 11.0 Å². The highest BCUT2D eigenvalue weighted by molar-refractivity contribution is 7.16. The standard InChI is InChI=1S/C13H13N3S/c1-2-3-11-16-12(13(15)17-11)10-6-4-9(8-14)5-7-10/h4-7H,2-3,15H2,1H3. The highest BCUT2D eigenvalue weighted by Crippen LogP contribution is 2.31. The first-order valence-corrected chi connectivity index (χ1v) is 6.32. The molecule has 0 amide bonds. The third kappa shape index (κ3) is 2.45. The molecule has 1 aromatic carbocycles. The fourth-order valence-corrected chi connectivity index (χ4v) is 2.57. The van der Waals surface area contributed by atoms with Crippen LogP contribution in [0.15, 0.2) is 24.3 Å². The van der Waals surface area contributed by atoms with Gasteiger partial charge in [-0.05, 0) is 25.0 Å². The fraction of sp³-hybridized carbons (Fsp3) is 0.231. The van der Waals surface area contributed by atoms with E-state index in [1.807, 2.05) is 12.1 Å². The van der Waals surface area contributed by atoms with Crippen LogP contribution < -0.4 is 5.73 Å². The van der Waals surface area contributed by atoms with Gasteiger partial charge in [-0.2, -0.15) is 5.26 Å². The van der Waals surface area contributed by atoms with Gasteiger partial charge in [0.1, 0.15) is 10.7 Å². The second kappa shape index (κ2) is 4.98. The molecule has 0 atom stereocenters. The first kappa shape index (κ1) is 11.6. The monoisotopic (exact) mass is 243 g/mol. The Balaban J connectivity index is 2.35. The van der Waals surface area contributed by atoms with Gasteiger partial charge < -0.3 is 5.73 Å². The summed E-state index contributed by atoms with van der Waals surface area (Å²) in [6.07, 6.45) is 2.03. The van der Waals surface area contributed by atoms with Gasteiger partial charge in [-0.25, -0.2) is 4.98 Å². The van der Waals surface area contributed by atoms with E-state index in [-0.39, 0.29) is 0 Å². The van der Waals surface area contributed by atoms with Gasteiger partial charge in [0.2, 0.25) is 0 Å². The van der Waals surface area contributed by atoms with Crippen LogP contribution in [0.25, 0.3) is 11.3 Å². The summed E-state index contributed by atoms with van der Waals surface area (Å²) in [5.74, 6) is 0. The van der Waals surface area contributed by atoms with E-state index in [9.17, 15) is 0 Å². The SMILES string of the molecule is CCCc1nc(-c2ccc(C#N)cc2)c(N)s1. The number of benzene rings is 1. The molecule has 2 aromatic rings. The number of aryl methyl sites for hydroxylation is 1. The average Bonchev–Trinajstić information content (AvgIpc) is 2.71. The van der Waals surface area contributed by atoms with Crippen molar-refractivity contribution in [3.8, 4) is 17.3 Å². The number of rotatable bonds is 3. The van der Waals surface area contributed by atoms with Crippen LogP contribution in [-0.4, -0.2) is 4.98 Å². The molecule has 86 valence electrons. The second-order valence-electron chi connectivity index (χ2n) is 3.76. The van der Waals surface area contributed by atoms with Crippen molar-refractivity contribution in [3.63, 3.8) is 0 Å². The molecule has 0 unspecified atom stereocenters. The number of hydrogen-bond acceptors (Lipinski definition) is 4. The number of aromatic nitrogens is 1. The lowest BCUT2D eigenvalue weighted by molar-refractivity contribution is 0.910. The Morgan fingerprint density at radius 1 is 1.35 bits per heavy atom. The number of nitrogens with two attached hydrogens (primary N) is 1. The van der Waals surface area contributed by atoms with Crippen molar-refractivity contribution in [2.75, 3.05) is 5.73 Å². The van der Waals surface area contributed by atoms with Gasteiger partial charge in [0.25, 0.3) is 0 Å². The van der Waals surface area contributed by atoms with Gasteiger partial charge in [-0.3, -0.25) is 0 Å². The van der Waals surface area contributed by atoms with Gasteiger partial charge in [0.15, 0.2) is 0 Å². The number of nitrogens with zero attached hydrogens (tertiary/aromatic N) is 2. The Morgan fingerprint density at radius 2 is 2.06 bits per heavy atom. The zero-order valence-electron chi connectivity index (χ0n) is 9.60. The molecule has 0 radical (unpaired) electrons. The molecule has 0 spiro atoms. The molecule has 0 saturated carbocycles. The number of nitrogen functional groups attached to an aromatic ring is 1. The zero-order chi connectivity index (χ0) is 12.3. The summed E-state index contributed by atoms with van der Waals surface area (Å²) in [6.45, 7) is 2.12. The summed E-state index contributed by atoms with van der Waals surface area (Å²) in [6, 6.07) is 9.44. The summed E-state index contributed by atoms with van der Waals surface area (Å²) in [5.41, 5.74) is 8.42. The van der Waals surface area contributed by atoms with Gasteiger partial charge in [0, 0.05) is 5.56 Å². The molecule has 0 aliphatic heterocycles. The van der Waals surface area contributed by atoms with Crippen molar-refractivity contribution in [1.29, 1.82) is 5.26 Å². The summed E-state index contributed by atoms with van der Waals surface area (Å²) < 4.78 is 0. The smallest absolute Gasteiger partial charge is 0.114 e. The van der Waals surface area contributed by atoms with E-state index < -0.39 is 0 Å². The topological polar surface area (TPSA) is 62.7 Å². The Kier molecular flexibility index (Phi) is 3.40. The van der Waals surface area contributed by atoms with Crippen LogP contribution in [0.5, 0.6) is 0 Å². The van der Waals surface area contributed by atoms with E-state index in [1.54, 1.807) is 23.5 Å². The Morgan fingerprint density at radius 3 is 2.65 bits per heavy atom. The molecule has 1 aromatic heterocycles. The molecule has 3 nitrogen and oxygen atoms in total. The molecule has 2 rings (SSSR count). The first-order valence-electron chi connectivity index (χ1n) is 5.50. The molecule has 4 heteroatoms. The molecular formula is C13H13N3S. The minimum atomic E-state index is 0.649. The van der Waals surface area contributed by atoms with Crippen molar-refractivity contribution in [1.82, 2.24) is 4.98 Å². The maximum Gasteiger partial charge on any atom is 0.114 e. The van der Waals surface area contributed by atoms with Gasteiger partial charge in [-0.15, -0.1) is 11.3 Å². The Bertz CT molecular complexity index is 549. The van der Waals surface area contributed by atoms with E-state index >= 15 is 0 Å². The molecule has 0 saturated heterocycles. The molecule has 17 heavy (non-hydrogen) atoms. The number of hydrogen-bond donors (Lipinski definition) is 1. The van der Waals surface area contributed by atoms with Crippen LogP contribution in [0.3, 0.4) is 0 Å². The van der Waals surface area contributed by atoms with E-state index in [1.165, 1.54) is 0 Å².